The zero-order chi connectivity index (χ0) is 12.3. The lowest BCUT2D eigenvalue weighted by Crippen LogP contribution is -2.21. The number of aryl methyl sites for hydroxylation is 1. The average molecular weight is 230 g/mol. The molecule has 0 aliphatic heterocycles. The van der Waals surface area contributed by atoms with Gasteiger partial charge < -0.3 is 9.99 Å². The highest BCUT2D eigenvalue weighted by molar-refractivity contribution is 5.36. The van der Waals surface area contributed by atoms with E-state index in [-0.39, 0.29) is 5.56 Å². The Morgan fingerprint density at radius 2 is 2.29 bits per heavy atom. The molecule has 0 unspecified atom stereocenters. The van der Waals surface area contributed by atoms with Crippen LogP contribution in [0.2, 0.25) is 0 Å². The second-order valence-corrected chi connectivity index (χ2v) is 3.82. The lowest BCUT2D eigenvalue weighted by Gasteiger charge is -2.07. The van der Waals surface area contributed by atoms with Gasteiger partial charge in [-0.25, -0.2) is 10.8 Å². The summed E-state index contributed by atoms with van der Waals surface area (Å²) in [6, 6.07) is 7.34. The fourth-order valence-corrected chi connectivity index (χ4v) is 1.63. The first-order chi connectivity index (χ1) is 8.20. The van der Waals surface area contributed by atoms with Crippen LogP contribution in [-0.2, 0) is 6.54 Å². The third-order valence-electron chi connectivity index (χ3n) is 2.54. The molecule has 0 saturated heterocycles. The Hall–Kier alpha value is -2.14. The number of hydrazine groups is 1. The summed E-state index contributed by atoms with van der Waals surface area (Å²) in [7, 11) is 0. The van der Waals surface area contributed by atoms with Gasteiger partial charge in [0, 0.05) is 18.0 Å². The van der Waals surface area contributed by atoms with Gasteiger partial charge in [-0.3, -0.25) is 4.79 Å². The Bertz CT molecular complexity index is 577. The van der Waals surface area contributed by atoms with Crippen molar-refractivity contribution >= 4 is 5.82 Å². The maximum absolute atomic E-state index is 11.8. The molecule has 0 fully saturated rings. The predicted octanol–water partition coefficient (Wildman–Crippen LogP) is 0.886. The maximum Gasteiger partial charge on any atom is 0.253 e. The predicted molar refractivity (Wildman–Crippen MR) is 66.6 cm³/mol. The summed E-state index contributed by atoms with van der Waals surface area (Å²) in [4.78, 5) is 15.9. The van der Waals surface area contributed by atoms with E-state index in [9.17, 15) is 4.79 Å². The van der Waals surface area contributed by atoms with Crippen molar-refractivity contribution in [3.63, 3.8) is 0 Å². The lowest BCUT2D eigenvalue weighted by molar-refractivity contribution is 0.751. The van der Waals surface area contributed by atoms with Gasteiger partial charge in [0.15, 0.2) is 0 Å². The fourth-order valence-electron chi connectivity index (χ4n) is 1.63. The monoisotopic (exact) mass is 230 g/mol. The molecule has 0 amide bonds. The fraction of sp³-hybridized carbons (Fsp3) is 0.167. The molecule has 0 atom stereocenters. The lowest BCUT2D eigenvalue weighted by atomic mass is 10.2. The molecule has 17 heavy (non-hydrogen) atoms. The highest BCUT2D eigenvalue weighted by atomic mass is 16.1. The van der Waals surface area contributed by atoms with Crippen LogP contribution in [0.1, 0.15) is 11.1 Å². The van der Waals surface area contributed by atoms with Gasteiger partial charge in [-0.15, -0.1) is 0 Å². The molecule has 88 valence electrons. The molecule has 2 rings (SSSR count). The Morgan fingerprint density at radius 1 is 1.47 bits per heavy atom. The minimum atomic E-state index is 0.0200. The van der Waals surface area contributed by atoms with Crippen LogP contribution in [0.4, 0.5) is 5.82 Å². The number of nitrogen functional groups attached to an aromatic ring is 1. The summed E-state index contributed by atoms with van der Waals surface area (Å²) in [5, 5.41) is 0. The van der Waals surface area contributed by atoms with E-state index < -0.39 is 0 Å². The molecular formula is C12H14N4O. The van der Waals surface area contributed by atoms with Gasteiger partial charge in [-0.1, -0.05) is 6.07 Å². The van der Waals surface area contributed by atoms with Gasteiger partial charge in [0.2, 0.25) is 0 Å². The van der Waals surface area contributed by atoms with Crippen molar-refractivity contribution in [3.05, 3.63) is 58.1 Å². The molecule has 0 aliphatic carbocycles. The molecule has 2 aromatic rings. The van der Waals surface area contributed by atoms with E-state index in [1.165, 1.54) is 0 Å². The normalized spacial score (nSPS) is 10.2. The van der Waals surface area contributed by atoms with E-state index in [1.54, 1.807) is 30.0 Å². The van der Waals surface area contributed by atoms with Crippen LogP contribution in [0.5, 0.6) is 0 Å². The Morgan fingerprint density at radius 3 is 3.06 bits per heavy atom. The van der Waals surface area contributed by atoms with E-state index in [2.05, 4.69) is 10.4 Å². The van der Waals surface area contributed by atoms with Crippen LogP contribution >= 0.6 is 0 Å². The van der Waals surface area contributed by atoms with Crippen molar-refractivity contribution in [2.75, 3.05) is 5.43 Å². The van der Waals surface area contributed by atoms with Gasteiger partial charge in [0.25, 0.3) is 5.56 Å². The smallest absolute Gasteiger partial charge is 0.253 e. The maximum atomic E-state index is 11.8. The van der Waals surface area contributed by atoms with Crippen molar-refractivity contribution in [3.8, 4) is 0 Å². The Balaban J connectivity index is 2.31. The van der Waals surface area contributed by atoms with Crippen molar-refractivity contribution in [2.24, 2.45) is 5.84 Å². The van der Waals surface area contributed by atoms with Gasteiger partial charge in [0.1, 0.15) is 5.82 Å². The highest BCUT2D eigenvalue weighted by Gasteiger charge is 2.01. The third-order valence-corrected chi connectivity index (χ3v) is 2.54. The first-order valence-corrected chi connectivity index (χ1v) is 5.28. The molecule has 0 spiro atoms. The van der Waals surface area contributed by atoms with E-state index >= 15 is 0 Å². The average Bonchev–Trinajstić information content (AvgIpc) is 2.35. The van der Waals surface area contributed by atoms with Gasteiger partial charge >= 0.3 is 0 Å². The Labute approximate surface area is 98.9 Å². The molecule has 0 bridgehead atoms. The minimum Gasteiger partial charge on any atom is -0.311 e. The first kappa shape index (κ1) is 11.3. The van der Waals surface area contributed by atoms with E-state index in [1.807, 2.05) is 18.2 Å². The number of rotatable bonds is 3. The molecule has 0 saturated carbocycles. The van der Waals surface area contributed by atoms with Crippen LogP contribution < -0.4 is 16.8 Å². The molecular weight excluding hydrogens is 216 g/mol. The highest BCUT2D eigenvalue weighted by Crippen LogP contribution is 2.06. The quantitative estimate of drug-likeness (QED) is 0.606. The van der Waals surface area contributed by atoms with Gasteiger partial charge in [-0.05, 0) is 30.7 Å². The second kappa shape index (κ2) is 4.80. The van der Waals surface area contributed by atoms with Crippen molar-refractivity contribution in [1.29, 1.82) is 0 Å². The zero-order valence-corrected chi connectivity index (χ0v) is 9.55. The van der Waals surface area contributed by atoms with E-state index in [4.69, 9.17) is 5.84 Å². The van der Waals surface area contributed by atoms with Crippen LogP contribution in [-0.4, -0.2) is 9.55 Å². The van der Waals surface area contributed by atoms with Crippen molar-refractivity contribution in [1.82, 2.24) is 9.55 Å². The number of nitrogens with one attached hydrogen (secondary N) is 1. The summed E-state index contributed by atoms with van der Waals surface area (Å²) in [6.07, 6.45) is 3.43. The summed E-state index contributed by atoms with van der Waals surface area (Å²) >= 11 is 0. The molecule has 2 heterocycles. The SMILES string of the molecule is Cc1cccn(Cc2ccnc(NN)c2)c1=O. The number of aromatic nitrogens is 2. The van der Waals surface area contributed by atoms with Crippen LogP contribution in [0.15, 0.2) is 41.5 Å². The number of nitrogens with two attached hydrogens (primary N) is 1. The van der Waals surface area contributed by atoms with E-state index in [0.29, 0.717) is 12.4 Å². The van der Waals surface area contributed by atoms with Crippen molar-refractivity contribution < 1.29 is 0 Å². The summed E-state index contributed by atoms with van der Waals surface area (Å²) < 4.78 is 1.66. The zero-order valence-electron chi connectivity index (χ0n) is 9.55. The summed E-state index contributed by atoms with van der Waals surface area (Å²) in [5.41, 5.74) is 4.21. The number of anilines is 1. The molecule has 0 aliphatic rings. The molecule has 0 radical (unpaired) electrons. The molecule has 5 heteroatoms. The topological polar surface area (TPSA) is 72.9 Å². The molecule has 2 aromatic heterocycles. The van der Waals surface area contributed by atoms with Gasteiger partial charge in [-0.2, -0.15) is 0 Å². The third kappa shape index (κ3) is 2.51. The molecule has 0 aromatic carbocycles. The number of hydrogen-bond acceptors (Lipinski definition) is 4. The van der Waals surface area contributed by atoms with Crippen LogP contribution in [0.25, 0.3) is 0 Å². The number of hydrogen-bond donors (Lipinski definition) is 2. The summed E-state index contributed by atoms with van der Waals surface area (Å²) in [6.45, 7) is 2.32. The largest absolute Gasteiger partial charge is 0.311 e. The number of pyridine rings is 2. The van der Waals surface area contributed by atoms with E-state index in [0.717, 1.165) is 11.1 Å². The van der Waals surface area contributed by atoms with Gasteiger partial charge in [0.05, 0.1) is 6.54 Å². The standard InChI is InChI=1S/C12H14N4O/c1-9-3-2-6-16(12(9)17)8-10-4-5-14-11(7-10)15-13/h2-7H,8,13H2,1H3,(H,14,15). The van der Waals surface area contributed by atoms with Crippen molar-refractivity contribution in [2.45, 2.75) is 13.5 Å². The first-order valence-electron chi connectivity index (χ1n) is 5.28. The molecule has 5 nitrogen and oxygen atoms in total. The number of nitrogens with zero attached hydrogens (tertiary/aromatic N) is 2. The Kier molecular flexibility index (Phi) is 3.20. The second-order valence-electron chi connectivity index (χ2n) is 3.82. The van der Waals surface area contributed by atoms with Crippen LogP contribution in [0.3, 0.4) is 0 Å². The molecule has 3 N–H and O–H groups in total. The van der Waals surface area contributed by atoms with Crippen LogP contribution in [0, 0.1) is 6.92 Å². The minimum absolute atomic E-state index is 0.0200. The summed E-state index contributed by atoms with van der Waals surface area (Å²) in [5.74, 6) is 5.87.